The standard InChI is InChI=1S/C35H69NO4/c1-7-10-13-16-18-19-21-24-27-33(40-34(37)31(4)28-29-36(5)6)30-39-35(38)32(25-22-15-12-9-3)26-23-20-17-14-11-8-2/h31-33H,7-30H2,1-6H3. The van der Waals surface area contributed by atoms with E-state index in [1.54, 1.807) is 0 Å². The van der Waals surface area contributed by atoms with Crippen molar-refractivity contribution in [1.29, 1.82) is 0 Å². The summed E-state index contributed by atoms with van der Waals surface area (Å²) < 4.78 is 11.8. The Bertz CT molecular complexity index is 580. The molecule has 0 spiro atoms. The molecule has 238 valence electrons. The predicted molar refractivity (Wildman–Crippen MR) is 171 cm³/mol. The number of carbonyl (C=O) groups is 2. The summed E-state index contributed by atoms with van der Waals surface area (Å²) in [6, 6.07) is 0. The molecule has 40 heavy (non-hydrogen) atoms. The van der Waals surface area contributed by atoms with Crippen molar-refractivity contribution < 1.29 is 19.1 Å². The molecule has 0 radical (unpaired) electrons. The third-order valence-electron chi connectivity index (χ3n) is 8.13. The Kier molecular flexibility index (Phi) is 27.3. The van der Waals surface area contributed by atoms with Crippen LogP contribution in [0.2, 0.25) is 0 Å². The summed E-state index contributed by atoms with van der Waals surface area (Å²) in [7, 11) is 4.04. The van der Waals surface area contributed by atoms with Crippen molar-refractivity contribution in [1.82, 2.24) is 4.90 Å². The molecule has 0 bridgehead atoms. The van der Waals surface area contributed by atoms with Crippen LogP contribution in [0.3, 0.4) is 0 Å². The zero-order valence-electron chi connectivity index (χ0n) is 27.8. The van der Waals surface area contributed by atoms with E-state index >= 15 is 0 Å². The summed E-state index contributed by atoms with van der Waals surface area (Å²) in [5, 5.41) is 0. The van der Waals surface area contributed by atoms with E-state index in [2.05, 4.69) is 25.7 Å². The molecule has 0 N–H and O–H groups in total. The van der Waals surface area contributed by atoms with Gasteiger partial charge in [0.15, 0.2) is 0 Å². The molecule has 0 saturated heterocycles. The number of rotatable bonds is 29. The minimum Gasteiger partial charge on any atom is -0.462 e. The van der Waals surface area contributed by atoms with E-state index in [1.807, 2.05) is 21.0 Å². The zero-order valence-corrected chi connectivity index (χ0v) is 27.8. The van der Waals surface area contributed by atoms with Crippen molar-refractivity contribution in [2.24, 2.45) is 11.8 Å². The van der Waals surface area contributed by atoms with Crippen LogP contribution >= 0.6 is 0 Å². The van der Waals surface area contributed by atoms with Crippen molar-refractivity contribution in [3.05, 3.63) is 0 Å². The zero-order chi connectivity index (χ0) is 29.8. The average molecular weight is 568 g/mol. The lowest BCUT2D eigenvalue weighted by Gasteiger charge is -2.22. The third kappa shape index (κ3) is 23.6. The number of hydrogen-bond donors (Lipinski definition) is 0. The van der Waals surface area contributed by atoms with Crippen LogP contribution in [0.25, 0.3) is 0 Å². The molecule has 0 amide bonds. The molecule has 0 aliphatic heterocycles. The molecule has 0 rings (SSSR count). The number of nitrogens with zero attached hydrogens (tertiary/aromatic N) is 1. The second-order valence-corrected chi connectivity index (χ2v) is 12.5. The smallest absolute Gasteiger partial charge is 0.309 e. The van der Waals surface area contributed by atoms with Crippen LogP contribution in [0.1, 0.15) is 169 Å². The molecule has 0 aromatic carbocycles. The topological polar surface area (TPSA) is 55.8 Å². The highest BCUT2D eigenvalue weighted by molar-refractivity contribution is 5.73. The van der Waals surface area contributed by atoms with Gasteiger partial charge in [0.05, 0.1) is 11.8 Å². The van der Waals surface area contributed by atoms with Gasteiger partial charge in [-0.3, -0.25) is 9.59 Å². The van der Waals surface area contributed by atoms with Gasteiger partial charge in [-0.15, -0.1) is 0 Å². The predicted octanol–water partition coefficient (Wildman–Crippen LogP) is 9.90. The van der Waals surface area contributed by atoms with Gasteiger partial charge in [0.1, 0.15) is 12.7 Å². The number of esters is 2. The number of unbranched alkanes of at least 4 members (excludes halogenated alkanes) is 15. The molecule has 0 aliphatic carbocycles. The molecule has 3 atom stereocenters. The summed E-state index contributed by atoms with van der Waals surface area (Å²) >= 11 is 0. The van der Waals surface area contributed by atoms with Gasteiger partial charge in [0.2, 0.25) is 0 Å². The van der Waals surface area contributed by atoms with E-state index in [-0.39, 0.29) is 36.5 Å². The Morgan fingerprint density at radius 2 is 1.00 bits per heavy atom. The van der Waals surface area contributed by atoms with E-state index < -0.39 is 0 Å². The molecule has 0 fully saturated rings. The Morgan fingerprint density at radius 3 is 1.48 bits per heavy atom. The maximum atomic E-state index is 13.2. The van der Waals surface area contributed by atoms with Gasteiger partial charge in [-0.1, -0.05) is 137 Å². The van der Waals surface area contributed by atoms with Gasteiger partial charge in [0, 0.05) is 0 Å². The maximum Gasteiger partial charge on any atom is 0.309 e. The van der Waals surface area contributed by atoms with Crippen molar-refractivity contribution in [3.8, 4) is 0 Å². The highest BCUT2D eigenvalue weighted by Crippen LogP contribution is 2.22. The molecular weight excluding hydrogens is 498 g/mol. The van der Waals surface area contributed by atoms with E-state index in [1.165, 1.54) is 89.9 Å². The molecule has 0 heterocycles. The maximum absolute atomic E-state index is 13.2. The van der Waals surface area contributed by atoms with Crippen LogP contribution in [-0.4, -0.2) is 50.2 Å². The molecule has 0 aliphatic rings. The van der Waals surface area contributed by atoms with Crippen LogP contribution in [0.15, 0.2) is 0 Å². The van der Waals surface area contributed by atoms with Crippen molar-refractivity contribution in [2.75, 3.05) is 27.2 Å². The Hall–Kier alpha value is -1.10. The summed E-state index contributed by atoms with van der Waals surface area (Å²) in [5.74, 6) is -0.423. The first-order valence-corrected chi connectivity index (χ1v) is 17.4. The highest BCUT2D eigenvalue weighted by Gasteiger charge is 2.24. The molecule has 5 nitrogen and oxygen atoms in total. The SMILES string of the molecule is CCCCCCCCCCC(COC(=O)C(CCCCCC)CCCCCCCC)OC(=O)C(C)CCN(C)C. The van der Waals surface area contributed by atoms with Crippen molar-refractivity contribution in [2.45, 2.75) is 175 Å². The van der Waals surface area contributed by atoms with Gasteiger partial charge < -0.3 is 14.4 Å². The number of carbonyl (C=O) groups excluding carboxylic acids is 2. The molecular formula is C35H69NO4. The fraction of sp³-hybridized carbons (Fsp3) is 0.943. The summed E-state index contributed by atoms with van der Waals surface area (Å²) in [6.45, 7) is 9.70. The van der Waals surface area contributed by atoms with Gasteiger partial charge in [-0.2, -0.15) is 0 Å². The highest BCUT2D eigenvalue weighted by atomic mass is 16.6. The lowest BCUT2D eigenvalue weighted by Crippen LogP contribution is -2.30. The lowest BCUT2D eigenvalue weighted by atomic mass is 9.94. The van der Waals surface area contributed by atoms with Crippen molar-refractivity contribution in [3.63, 3.8) is 0 Å². The number of hydrogen-bond acceptors (Lipinski definition) is 5. The molecule has 0 saturated carbocycles. The van der Waals surface area contributed by atoms with Crippen LogP contribution < -0.4 is 0 Å². The van der Waals surface area contributed by atoms with Crippen LogP contribution in [0.5, 0.6) is 0 Å². The normalized spacial score (nSPS) is 13.8. The monoisotopic (exact) mass is 568 g/mol. The van der Waals surface area contributed by atoms with Gasteiger partial charge >= 0.3 is 11.9 Å². The van der Waals surface area contributed by atoms with E-state index in [0.29, 0.717) is 0 Å². The van der Waals surface area contributed by atoms with Crippen LogP contribution in [-0.2, 0) is 19.1 Å². The minimum atomic E-state index is -0.340. The first-order valence-electron chi connectivity index (χ1n) is 17.4. The largest absolute Gasteiger partial charge is 0.462 e. The van der Waals surface area contributed by atoms with E-state index in [9.17, 15) is 9.59 Å². The fourth-order valence-electron chi connectivity index (χ4n) is 5.19. The molecule has 5 heteroatoms. The Labute approximate surface area is 249 Å². The fourth-order valence-corrected chi connectivity index (χ4v) is 5.19. The Morgan fingerprint density at radius 1 is 0.575 bits per heavy atom. The summed E-state index contributed by atoms with van der Waals surface area (Å²) in [6.07, 6.45) is 25.0. The number of ether oxygens (including phenoxy) is 2. The second kappa shape index (κ2) is 28.0. The first kappa shape index (κ1) is 38.9. The third-order valence-corrected chi connectivity index (χ3v) is 8.13. The molecule has 3 unspecified atom stereocenters. The van der Waals surface area contributed by atoms with Crippen LogP contribution in [0.4, 0.5) is 0 Å². The van der Waals surface area contributed by atoms with Gasteiger partial charge in [-0.05, 0) is 52.7 Å². The second-order valence-electron chi connectivity index (χ2n) is 12.5. The molecule has 0 aromatic heterocycles. The van der Waals surface area contributed by atoms with E-state index in [4.69, 9.17) is 9.47 Å². The van der Waals surface area contributed by atoms with Crippen LogP contribution in [0, 0.1) is 11.8 Å². The van der Waals surface area contributed by atoms with Gasteiger partial charge in [-0.25, -0.2) is 0 Å². The lowest BCUT2D eigenvalue weighted by molar-refractivity contribution is -0.164. The van der Waals surface area contributed by atoms with Gasteiger partial charge in [0.25, 0.3) is 0 Å². The van der Waals surface area contributed by atoms with Crippen molar-refractivity contribution >= 4 is 11.9 Å². The summed E-state index contributed by atoms with van der Waals surface area (Å²) in [5.41, 5.74) is 0. The first-order chi connectivity index (χ1) is 19.3. The average Bonchev–Trinajstić information content (AvgIpc) is 2.94. The Balaban J connectivity index is 4.90. The molecule has 0 aromatic rings. The quantitative estimate of drug-likeness (QED) is 0.0665. The van der Waals surface area contributed by atoms with E-state index in [0.717, 1.165) is 57.9 Å². The summed E-state index contributed by atoms with van der Waals surface area (Å²) in [4.78, 5) is 28.2. The minimum absolute atomic E-state index is 0.0264.